The molecule has 0 amide bonds. The van der Waals surface area contributed by atoms with Crippen LogP contribution in [0.1, 0.15) is 31.3 Å². The van der Waals surface area contributed by atoms with Crippen molar-refractivity contribution in [3.63, 3.8) is 0 Å². The van der Waals surface area contributed by atoms with E-state index in [2.05, 4.69) is 34.3 Å². The lowest BCUT2D eigenvalue weighted by Crippen LogP contribution is -2.42. The first-order valence-electron chi connectivity index (χ1n) is 8.34. The monoisotopic (exact) mass is 346 g/mol. The van der Waals surface area contributed by atoms with Crippen LogP contribution in [0.15, 0.2) is 18.2 Å². The molecule has 1 saturated heterocycles. The van der Waals surface area contributed by atoms with Gasteiger partial charge in [0.15, 0.2) is 5.82 Å². The third-order valence-electron chi connectivity index (χ3n) is 4.45. The molecule has 1 aromatic carbocycles. The number of benzene rings is 1. The lowest BCUT2D eigenvalue weighted by molar-refractivity contribution is -0.384. The van der Waals surface area contributed by atoms with Crippen molar-refractivity contribution in [1.82, 2.24) is 25.1 Å². The van der Waals surface area contributed by atoms with E-state index in [1.54, 1.807) is 16.8 Å². The fourth-order valence-corrected chi connectivity index (χ4v) is 3.28. The second-order valence-electron chi connectivity index (χ2n) is 6.51. The van der Waals surface area contributed by atoms with Crippen LogP contribution in [0, 0.1) is 23.0 Å². The van der Waals surface area contributed by atoms with Gasteiger partial charge in [0.2, 0.25) is 0 Å². The first kappa shape index (κ1) is 17.4. The highest BCUT2D eigenvalue weighted by Crippen LogP contribution is 2.30. The van der Waals surface area contributed by atoms with E-state index < -0.39 is 4.92 Å². The van der Waals surface area contributed by atoms with E-state index >= 15 is 0 Å². The second-order valence-corrected chi connectivity index (χ2v) is 6.51. The summed E-state index contributed by atoms with van der Waals surface area (Å²) in [6.45, 7) is 9.16. The van der Waals surface area contributed by atoms with E-state index in [0.29, 0.717) is 19.1 Å². The molecule has 9 nitrogen and oxygen atoms in total. The van der Waals surface area contributed by atoms with Gasteiger partial charge in [0, 0.05) is 25.2 Å². The van der Waals surface area contributed by atoms with E-state index in [9.17, 15) is 10.1 Å². The molecule has 1 fully saturated rings. The van der Waals surface area contributed by atoms with Gasteiger partial charge in [-0.25, -0.2) is 0 Å². The smallest absolute Gasteiger partial charge is 0.269 e. The van der Waals surface area contributed by atoms with E-state index in [1.165, 1.54) is 6.07 Å². The maximum absolute atomic E-state index is 11.0. The van der Waals surface area contributed by atoms with Crippen molar-refractivity contribution in [2.75, 3.05) is 26.3 Å². The summed E-state index contributed by atoms with van der Waals surface area (Å²) in [7, 11) is 0. The molecule has 134 valence electrons. The summed E-state index contributed by atoms with van der Waals surface area (Å²) in [5.41, 5.74) is 1.57. The van der Waals surface area contributed by atoms with E-state index in [-0.39, 0.29) is 11.7 Å². The molecule has 0 aliphatic carbocycles. The van der Waals surface area contributed by atoms with Crippen LogP contribution in [-0.4, -0.2) is 56.3 Å². The third-order valence-corrected chi connectivity index (χ3v) is 4.45. The minimum Gasteiger partial charge on any atom is -0.379 e. The predicted molar refractivity (Wildman–Crippen MR) is 90.5 cm³/mol. The number of hydrogen-bond donors (Lipinski definition) is 0. The summed E-state index contributed by atoms with van der Waals surface area (Å²) in [5, 5.41) is 23.2. The fraction of sp³-hybridized carbons (Fsp3) is 0.562. The molecule has 25 heavy (non-hydrogen) atoms. The summed E-state index contributed by atoms with van der Waals surface area (Å²) >= 11 is 0. The number of hydrogen-bond acceptors (Lipinski definition) is 7. The first-order chi connectivity index (χ1) is 12.0. The van der Waals surface area contributed by atoms with Crippen molar-refractivity contribution in [3.05, 3.63) is 39.7 Å². The van der Waals surface area contributed by atoms with E-state index in [0.717, 1.165) is 30.2 Å². The number of ether oxygens (including phenoxy) is 1. The second kappa shape index (κ2) is 7.24. The molecule has 1 atom stereocenters. The lowest BCUT2D eigenvalue weighted by atomic mass is 10.0. The zero-order valence-corrected chi connectivity index (χ0v) is 14.6. The van der Waals surface area contributed by atoms with Gasteiger partial charge in [-0.2, -0.15) is 4.68 Å². The Balaban J connectivity index is 2.00. The van der Waals surface area contributed by atoms with Gasteiger partial charge in [-0.3, -0.25) is 15.0 Å². The Hall–Kier alpha value is -2.39. The summed E-state index contributed by atoms with van der Waals surface area (Å²) < 4.78 is 7.15. The number of rotatable bonds is 5. The summed E-state index contributed by atoms with van der Waals surface area (Å²) in [5.74, 6) is 1.05. The minimum atomic E-state index is -0.401. The van der Waals surface area contributed by atoms with Crippen molar-refractivity contribution < 1.29 is 9.66 Å². The van der Waals surface area contributed by atoms with Gasteiger partial charge >= 0.3 is 0 Å². The van der Waals surface area contributed by atoms with Crippen LogP contribution in [0.25, 0.3) is 5.69 Å². The molecule has 0 N–H and O–H groups in total. The molecule has 1 aliphatic heterocycles. The molecule has 1 aromatic heterocycles. The molecule has 0 spiro atoms. The number of aryl methyl sites for hydroxylation is 1. The van der Waals surface area contributed by atoms with Crippen LogP contribution in [0.3, 0.4) is 0 Å². The van der Waals surface area contributed by atoms with Crippen LogP contribution < -0.4 is 0 Å². The van der Waals surface area contributed by atoms with Crippen molar-refractivity contribution in [2.45, 2.75) is 26.8 Å². The van der Waals surface area contributed by atoms with E-state index in [4.69, 9.17) is 4.74 Å². The molecule has 2 heterocycles. The Morgan fingerprint density at radius 3 is 2.60 bits per heavy atom. The standard InChI is InChI=1S/C16H22N6O3/c1-11(2)15(20-6-8-25-9-7-20)16-17-18-19-21(16)14-5-4-13(22(23)24)10-12(14)3/h4-5,10-11,15H,6-9H2,1-3H3/t15-/m1/s1. The minimum absolute atomic E-state index is 0.0495. The molecular formula is C16H22N6O3. The maximum Gasteiger partial charge on any atom is 0.269 e. The number of nitrogens with zero attached hydrogens (tertiary/aromatic N) is 6. The van der Waals surface area contributed by atoms with E-state index in [1.807, 2.05) is 6.92 Å². The summed E-state index contributed by atoms with van der Waals surface area (Å²) in [6.07, 6.45) is 0. The van der Waals surface area contributed by atoms with Crippen LogP contribution in [0.4, 0.5) is 5.69 Å². The zero-order chi connectivity index (χ0) is 18.0. The van der Waals surface area contributed by atoms with Crippen LogP contribution in [-0.2, 0) is 4.74 Å². The van der Waals surface area contributed by atoms with Crippen molar-refractivity contribution in [2.24, 2.45) is 5.92 Å². The van der Waals surface area contributed by atoms with Gasteiger partial charge in [-0.15, -0.1) is 5.10 Å². The van der Waals surface area contributed by atoms with Gasteiger partial charge in [0.05, 0.1) is 29.9 Å². The van der Waals surface area contributed by atoms with Crippen LogP contribution >= 0.6 is 0 Å². The van der Waals surface area contributed by atoms with Gasteiger partial charge in [-0.1, -0.05) is 13.8 Å². The lowest BCUT2D eigenvalue weighted by Gasteiger charge is -2.35. The average molecular weight is 346 g/mol. The summed E-state index contributed by atoms with van der Waals surface area (Å²) in [4.78, 5) is 12.9. The Morgan fingerprint density at radius 1 is 1.28 bits per heavy atom. The Bertz CT molecular complexity index is 754. The predicted octanol–water partition coefficient (Wildman–Crippen LogP) is 1.91. The number of nitro groups is 1. The number of aromatic nitrogens is 4. The fourth-order valence-electron chi connectivity index (χ4n) is 3.28. The first-order valence-corrected chi connectivity index (χ1v) is 8.34. The van der Waals surface area contributed by atoms with Gasteiger partial charge < -0.3 is 4.74 Å². The van der Waals surface area contributed by atoms with Gasteiger partial charge in [0.25, 0.3) is 5.69 Å². The molecule has 0 saturated carbocycles. The number of nitro benzene ring substituents is 1. The highest BCUT2D eigenvalue weighted by atomic mass is 16.6. The number of non-ortho nitro benzene ring substituents is 1. The molecule has 0 bridgehead atoms. The van der Waals surface area contributed by atoms with Crippen molar-refractivity contribution in [1.29, 1.82) is 0 Å². The molecule has 9 heteroatoms. The molecule has 3 rings (SSSR count). The largest absolute Gasteiger partial charge is 0.379 e. The normalized spacial score (nSPS) is 17.0. The molecule has 0 unspecified atom stereocenters. The SMILES string of the molecule is Cc1cc([N+](=O)[O-])ccc1-n1nnnc1[C@@H](C(C)C)N1CCOCC1. The molecule has 2 aromatic rings. The van der Waals surface area contributed by atoms with Crippen LogP contribution in [0.2, 0.25) is 0 Å². The Kier molecular flexibility index (Phi) is 5.05. The molecule has 1 aliphatic rings. The van der Waals surface area contributed by atoms with Gasteiger partial charge in [-0.05, 0) is 34.9 Å². The van der Waals surface area contributed by atoms with Crippen molar-refractivity contribution in [3.8, 4) is 5.69 Å². The summed E-state index contributed by atoms with van der Waals surface area (Å²) in [6, 6.07) is 4.77. The highest BCUT2D eigenvalue weighted by Gasteiger charge is 2.31. The maximum atomic E-state index is 11.0. The van der Waals surface area contributed by atoms with Crippen LogP contribution in [0.5, 0.6) is 0 Å². The third kappa shape index (κ3) is 3.52. The number of morpholine rings is 1. The zero-order valence-electron chi connectivity index (χ0n) is 14.6. The number of tetrazole rings is 1. The average Bonchev–Trinajstić information content (AvgIpc) is 3.04. The molecule has 0 radical (unpaired) electrons. The Labute approximate surface area is 145 Å². The molecular weight excluding hydrogens is 324 g/mol. The quantitative estimate of drug-likeness (QED) is 0.602. The van der Waals surface area contributed by atoms with Gasteiger partial charge in [0.1, 0.15) is 0 Å². The highest BCUT2D eigenvalue weighted by molar-refractivity contribution is 5.47. The Morgan fingerprint density at radius 2 is 2.00 bits per heavy atom. The topological polar surface area (TPSA) is 99.2 Å². The van der Waals surface area contributed by atoms with Crippen molar-refractivity contribution >= 4 is 5.69 Å².